The summed E-state index contributed by atoms with van der Waals surface area (Å²) in [4.78, 5) is 11.0. The number of carbonyl (C=O) groups excluding carboxylic acids is 1. The highest BCUT2D eigenvalue weighted by Crippen LogP contribution is 2.58. The summed E-state index contributed by atoms with van der Waals surface area (Å²) in [7, 11) is -1.88. The van der Waals surface area contributed by atoms with Crippen LogP contribution in [0.25, 0.3) is 0 Å². The first-order chi connectivity index (χ1) is 12.7. The maximum Gasteiger partial charge on any atom is 0.243 e. The minimum atomic E-state index is -1.88. The summed E-state index contributed by atoms with van der Waals surface area (Å²) in [5.41, 5.74) is 1.68. The standard InChI is InChI=1S/C17H32Cl2N3O3P/c18-10-13-22(14-11-19)26(16-7-8-16)20-12-9-15(25-26)5-3-1-2-4-6-17(23)21-24/h15,20,24H,1-14H2,(H,21,23). The third kappa shape index (κ3) is 6.66. The zero-order valence-corrected chi connectivity index (χ0v) is 17.8. The first-order valence-corrected chi connectivity index (χ1v) is 12.4. The second-order valence-corrected chi connectivity index (χ2v) is 10.5. The zero-order chi connectivity index (χ0) is 18.8. The van der Waals surface area contributed by atoms with Gasteiger partial charge < -0.3 is 4.52 Å². The van der Waals surface area contributed by atoms with Crippen LogP contribution >= 0.6 is 30.6 Å². The quantitative estimate of drug-likeness (QED) is 0.145. The largest absolute Gasteiger partial charge is 0.331 e. The van der Waals surface area contributed by atoms with Gasteiger partial charge in [-0.2, -0.15) is 0 Å². The second-order valence-electron chi connectivity index (χ2n) is 6.89. The second kappa shape index (κ2) is 11.9. The van der Waals surface area contributed by atoms with Crippen LogP contribution in [0, 0.1) is 0 Å². The van der Waals surface area contributed by atoms with E-state index in [0.717, 1.165) is 71.0 Å². The van der Waals surface area contributed by atoms with Gasteiger partial charge in [0.25, 0.3) is 0 Å². The van der Waals surface area contributed by atoms with Crippen molar-refractivity contribution in [3.63, 3.8) is 0 Å². The summed E-state index contributed by atoms with van der Waals surface area (Å²) in [6, 6.07) is 0. The zero-order valence-electron chi connectivity index (χ0n) is 15.4. The van der Waals surface area contributed by atoms with E-state index in [0.29, 0.717) is 18.2 Å². The highest BCUT2D eigenvalue weighted by Gasteiger charge is 2.39. The third-order valence-corrected chi connectivity index (χ3v) is 8.98. The number of alkyl halides is 2. The number of carbonyl (C=O) groups is 1. The predicted molar refractivity (Wildman–Crippen MR) is 109 cm³/mol. The Kier molecular flexibility index (Phi) is 10.3. The molecule has 1 saturated heterocycles. The third-order valence-electron chi connectivity index (χ3n) is 4.88. The first kappa shape index (κ1) is 22.5. The molecular weight excluding hydrogens is 396 g/mol. The Morgan fingerprint density at radius 3 is 2.54 bits per heavy atom. The summed E-state index contributed by atoms with van der Waals surface area (Å²) in [6.07, 6.45) is 9.07. The molecule has 1 saturated carbocycles. The predicted octanol–water partition coefficient (Wildman–Crippen LogP) is 3.72. The molecular formula is C17H32Cl2N3O3P. The molecule has 0 aromatic carbocycles. The van der Waals surface area contributed by atoms with Crippen LogP contribution in [0.2, 0.25) is 0 Å². The van der Waals surface area contributed by atoms with Gasteiger partial charge >= 0.3 is 0 Å². The summed E-state index contributed by atoms with van der Waals surface area (Å²) in [5, 5.41) is 13.7. The fourth-order valence-electron chi connectivity index (χ4n) is 3.45. The Hall–Kier alpha value is 0.190. The number of hydrogen-bond acceptors (Lipinski definition) is 5. The van der Waals surface area contributed by atoms with E-state index in [1.165, 1.54) is 5.29 Å². The average Bonchev–Trinajstić information content (AvgIpc) is 3.50. The summed E-state index contributed by atoms with van der Waals surface area (Å²) < 4.78 is 9.07. The highest BCUT2D eigenvalue weighted by atomic mass is 35.5. The molecule has 26 heavy (non-hydrogen) atoms. The van der Waals surface area contributed by atoms with E-state index in [2.05, 4.69) is 9.76 Å². The number of hydroxylamine groups is 1. The van der Waals surface area contributed by atoms with E-state index in [1.807, 2.05) is 0 Å². The Morgan fingerprint density at radius 1 is 1.23 bits per heavy atom. The van der Waals surface area contributed by atoms with Crippen molar-refractivity contribution in [3.05, 3.63) is 0 Å². The normalized spacial score (nSPS) is 25.5. The van der Waals surface area contributed by atoms with Gasteiger partial charge in [-0.1, -0.05) is 19.3 Å². The van der Waals surface area contributed by atoms with Crippen LogP contribution in [0.4, 0.5) is 0 Å². The lowest BCUT2D eigenvalue weighted by atomic mass is 10.1. The molecule has 6 nitrogen and oxygen atoms in total. The number of halogens is 2. The van der Waals surface area contributed by atoms with E-state index in [4.69, 9.17) is 32.9 Å². The molecule has 1 aliphatic heterocycles. The van der Waals surface area contributed by atoms with Crippen LogP contribution in [0.1, 0.15) is 57.8 Å². The van der Waals surface area contributed by atoms with Gasteiger partial charge in [0, 0.05) is 37.8 Å². The smallest absolute Gasteiger partial charge is 0.243 e. The molecule has 0 spiro atoms. The van der Waals surface area contributed by atoms with Gasteiger partial charge in [0.1, 0.15) is 7.41 Å². The van der Waals surface area contributed by atoms with Crippen molar-refractivity contribution in [2.24, 2.45) is 0 Å². The van der Waals surface area contributed by atoms with E-state index in [9.17, 15) is 4.79 Å². The molecule has 2 atom stereocenters. The fraction of sp³-hybridized carbons (Fsp3) is 0.882. The molecule has 0 bridgehead atoms. The Morgan fingerprint density at radius 2 is 1.92 bits per heavy atom. The van der Waals surface area contributed by atoms with Crippen LogP contribution in [0.5, 0.6) is 0 Å². The summed E-state index contributed by atoms with van der Waals surface area (Å²) >= 11 is 12.1. The van der Waals surface area contributed by atoms with E-state index in [-0.39, 0.29) is 12.0 Å². The monoisotopic (exact) mass is 427 g/mol. The van der Waals surface area contributed by atoms with Crippen molar-refractivity contribution in [1.29, 1.82) is 0 Å². The molecule has 9 heteroatoms. The van der Waals surface area contributed by atoms with Crippen LogP contribution < -0.4 is 10.6 Å². The van der Waals surface area contributed by atoms with Crippen LogP contribution in [-0.4, -0.2) is 58.6 Å². The average molecular weight is 428 g/mol. The highest BCUT2D eigenvalue weighted by molar-refractivity contribution is 7.68. The molecule has 2 rings (SSSR count). The summed E-state index contributed by atoms with van der Waals surface area (Å²) in [6.45, 7) is 2.59. The van der Waals surface area contributed by atoms with Crippen molar-refractivity contribution >= 4 is 41.8 Å². The molecule has 2 unspecified atom stereocenters. The number of unbranched alkanes of at least 4 members (excludes halogenated alkanes) is 3. The molecule has 2 fully saturated rings. The van der Waals surface area contributed by atoms with E-state index in [1.54, 1.807) is 5.48 Å². The summed E-state index contributed by atoms with van der Waals surface area (Å²) in [5.74, 6) is 0.868. The topological polar surface area (TPSA) is 73.8 Å². The molecule has 152 valence electrons. The van der Waals surface area contributed by atoms with E-state index < -0.39 is 7.41 Å². The van der Waals surface area contributed by atoms with Crippen molar-refractivity contribution in [2.45, 2.75) is 63.9 Å². The minimum Gasteiger partial charge on any atom is -0.331 e. The molecule has 3 N–H and O–H groups in total. The van der Waals surface area contributed by atoms with Gasteiger partial charge in [0.05, 0.1) is 6.10 Å². The molecule has 1 amide bonds. The number of nitrogens with zero attached hydrogens (tertiary/aromatic N) is 1. The maximum atomic E-state index is 11.0. The molecule has 0 aromatic rings. The van der Waals surface area contributed by atoms with Crippen LogP contribution in [-0.2, 0) is 9.32 Å². The molecule has 0 radical (unpaired) electrons. The van der Waals surface area contributed by atoms with Gasteiger partial charge in [-0.05, 0) is 37.4 Å². The molecule has 1 heterocycles. The number of rotatable bonds is 12. The van der Waals surface area contributed by atoms with Crippen molar-refractivity contribution in [2.75, 3.05) is 31.4 Å². The van der Waals surface area contributed by atoms with Crippen LogP contribution in [0.15, 0.2) is 0 Å². The van der Waals surface area contributed by atoms with E-state index >= 15 is 0 Å². The SMILES string of the molecule is O=C(CCCCCCC1CCNP(=C2CC2)(N(CCCl)CCCl)O1)NO. The van der Waals surface area contributed by atoms with Gasteiger partial charge in [-0.15, -0.1) is 23.2 Å². The Labute approximate surface area is 167 Å². The lowest BCUT2D eigenvalue weighted by Gasteiger charge is -2.43. The minimum absolute atomic E-state index is 0.284. The first-order valence-electron chi connectivity index (χ1n) is 9.64. The molecule has 0 aromatic heterocycles. The number of amides is 1. The fourth-order valence-corrected chi connectivity index (χ4v) is 7.83. The Bertz CT molecular complexity index is 496. The Balaban J connectivity index is 1.83. The van der Waals surface area contributed by atoms with Crippen molar-refractivity contribution in [3.8, 4) is 0 Å². The van der Waals surface area contributed by atoms with Crippen molar-refractivity contribution in [1.82, 2.24) is 15.2 Å². The number of hydrogen-bond donors (Lipinski definition) is 3. The lowest BCUT2D eigenvalue weighted by Crippen LogP contribution is -2.40. The lowest BCUT2D eigenvalue weighted by molar-refractivity contribution is -0.129. The van der Waals surface area contributed by atoms with Crippen molar-refractivity contribution < 1.29 is 14.5 Å². The maximum absolute atomic E-state index is 11.0. The van der Waals surface area contributed by atoms with Crippen LogP contribution in [0.3, 0.4) is 0 Å². The van der Waals surface area contributed by atoms with Gasteiger partial charge in [0.2, 0.25) is 5.91 Å². The van der Waals surface area contributed by atoms with Gasteiger partial charge in [-0.25, -0.2) is 10.2 Å². The number of nitrogens with one attached hydrogen (secondary N) is 2. The van der Waals surface area contributed by atoms with Gasteiger partial charge in [0.15, 0.2) is 0 Å². The molecule has 1 aliphatic carbocycles. The van der Waals surface area contributed by atoms with Gasteiger partial charge in [-0.3, -0.25) is 15.1 Å². The molecule has 2 aliphatic rings.